The Kier molecular flexibility index (Phi) is 4.36. The molecule has 0 atom stereocenters. The maximum atomic E-state index is 5.63. The molecule has 2 aromatic rings. The van der Waals surface area contributed by atoms with Gasteiger partial charge in [-0.25, -0.2) is 0 Å². The largest absolute Gasteiger partial charge is 0.436 e. The van der Waals surface area contributed by atoms with E-state index in [1.807, 2.05) is 18.2 Å². The maximum absolute atomic E-state index is 5.63. The monoisotopic (exact) mass is 376 g/mol. The third kappa shape index (κ3) is 3.40. The highest BCUT2D eigenvalue weighted by molar-refractivity contribution is 9.11. The minimum absolute atomic E-state index is 0.343. The Morgan fingerprint density at radius 2 is 1.94 bits per heavy atom. The molecule has 1 aromatic carbocycles. The lowest BCUT2D eigenvalue weighted by Crippen LogP contribution is -1.93. The zero-order valence-electron chi connectivity index (χ0n) is 8.53. The molecule has 0 saturated carbocycles. The third-order valence-corrected chi connectivity index (χ3v) is 3.33. The molecule has 6 heteroatoms. The van der Waals surface area contributed by atoms with Gasteiger partial charge >= 0.3 is 0 Å². The fraction of sp³-hybridized carbons (Fsp3) is 0.0909. The van der Waals surface area contributed by atoms with Crippen LogP contribution in [0.4, 0.5) is 0 Å². The molecule has 0 fully saturated rings. The topological polar surface area (TPSA) is 35.0 Å². The molecule has 3 nitrogen and oxygen atoms in total. The molecule has 0 bridgehead atoms. The summed E-state index contributed by atoms with van der Waals surface area (Å²) in [5, 5.41) is 7.83. The summed E-state index contributed by atoms with van der Waals surface area (Å²) in [5.41, 5.74) is 0.717. The second kappa shape index (κ2) is 5.80. The van der Waals surface area contributed by atoms with Gasteiger partial charge in [-0.1, -0.05) is 15.9 Å². The van der Waals surface area contributed by atoms with E-state index in [-0.39, 0.29) is 0 Å². The fourth-order valence-corrected chi connectivity index (χ4v) is 2.41. The molecule has 17 heavy (non-hydrogen) atoms. The summed E-state index contributed by atoms with van der Waals surface area (Å²) in [5.74, 6) is 1.46. The molecule has 0 unspecified atom stereocenters. The standard InChI is InChI=1S/C11H7Br2ClN2O/c12-7-1-3-10(9(13)5-7)17-11-4-2-8(6-14)15-16-11/h1-5H,6H2. The Labute approximate surface area is 120 Å². The van der Waals surface area contributed by atoms with E-state index in [2.05, 4.69) is 42.1 Å². The first kappa shape index (κ1) is 12.8. The average Bonchev–Trinajstić information content (AvgIpc) is 2.34. The second-order valence-corrected chi connectivity index (χ2v) is 5.21. The van der Waals surface area contributed by atoms with E-state index in [9.17, 15) is 0 Å². The van der Waals surface area contributed by atoms with Gasteiger partial charge in [-0.3, -0.25) is 0 Å². The Balaban J connectivity index is 2.19. The summed E-state index contributed by atoms with van der Waals surface area (Å²) in [6.07, 6.45) is 0. The molecule has 0 saturated heterocycles. The molecule has 88 valence electrons. The van der Waals surface area contributed by atoms with Crippen molar-refractivity contribution in [3.63, 3.8) is 0 Å². The zero-order valence-corrected chi connectivity index (χ0v) is 12.5. The van der Waals surface area contributed by atoms with Crippen molar-refractivity contribution in [2.45, 2.75) is 5.88 Å². The van der Waals surface area contributed by atoms with Gasteiger partial charge in [0.2, 0.25) is 5.88 Å². The van der Waals surface area contributed by atoms with Crippen molar-refractivity contribution in [1.82, 2.24) is 10.2 Å². The molecule has 0 N–H and O–H groups in total. The molecule has 0 radical (unpaired) electrons. The molecule has 0 aliphatic heterocycles. The van der Waals surface area contributed by atoms with Crippen molar-refractivity contribution in [3.05, 3.63) is 45.0 Å². The minimum Gasteiger partial charge on any atom is -0.436 e. The SMILES string of the molecule is ClCc1ccc(Oc2ccc(Br)cc2Br)nn1. The summed E-state index contributed by atoms with van der Waals surface area (Å²) in [4.78, 5) is 0. The van der Waals surface area contributed by atoms with Gasteiger partial charge in [0.05, 0.1) is 16.0 Å². The predicted octanol–water partition coefficient (Wildman–Crippen LogP) is 4.53. The molecular formula is C11H7Br2ClN2O. The first-order valence-electron chi connectivity index (χ1n) is 4.70. The van der Waals surface area contributed by atoms with Crippen LogP contribution in [0.5, 0.6) is 11.6 Å². The van der Waals surface area contributed by atoms with E-state index < -0.39 is 0 Å². The fourth-order valence-electron chi connectivity index (χ4n) is 1.14. The van der Waals surface area contributed by atoms with Crippen LogP contribution in [0.2, 0.25) is 0 Å². The summed E-state index contributed by atoms with van der Waals surface area (Å²) in [6.45, 7) is 0. The summed E-state index contributed by atoms with van der Waals surface area (Å²) in [6, 6.07) is 9.14. The molecular weight excluding hydrogens is 371 g/mol. The number of aromatic nitrogens is 2. The minimum atomic E-state index is 0.343. The van der Waals surface area contributed by atoms with Gasteiger partial charge in [0.25, 0.3) is 0 Å². The van der Waals surface area contributed by atoms with Gasteiger partial charge in [0.1, 0.15) is 5.75 Å². The highest BCUT2D eigenvalue weighted by Gasteiger charge is 2.04. The first-order valence-corrected chi connectivity index (χ1v) is 6.82. The summed E-state index contributed by atoms with van der Waals surface area (Å²) >= 11 is 12.4. The first-order chi connectivity index (χ1) is 8.19. The third-order valence-electron chi connectivity index (χ3n) is 1.94. The number of hydrogen-bond acceptors (Lipinski definition) is 3. The van der Waals surface area contributed by atoms with E-state index in [0.29, 0.717) is 23.2 Å². The molecule has 1 heterocycles. The van der Waals surface area contributed by atoms with Crippen molar-refractivity contribution in [2.75, 3.05) is 0 Å². The van der Waals surface area contributed by atoms with Crippen LogP contribution in [0.1, 0.15) is 5.69 Å². The van der Waals surface area contributed by atoms with Crippen LogP contribution in [-0.2, 0) is 5.88 Å². The van der Waals surface area contributed by atoms with E-state index in [1.54, 1.807) is 12.1 Å². The van der Waals surface area contributed by atoms with Crippen molar-refractivity contribution in [2.24, 2.45) is 0 Å². The van der Waals surface area contributed by atoms with E-state index in [1.165, 1.54) is 0 Å². The van der Waals surface area contributed by atoms with Crippen molar-refractivity contribution >= 4 is 43.5 Å². The summed E-state index contributed by atoms with van der Waals surface area (Å²) in [7, 11) is 0. The average molecular weight is 378 g/mol. The normalized spacial score (nSPS) is 10.3. The Bertz CT molecular complexity index is 519. The van der Waals surface area contributed by atoms with E-state index in [4.69, 9.17) is 16.3 Å². The predicted molar refractivity (Wildman–Crippen MR) is 73.5 cm³/mol. The summed E-state index contributed by atoms with van der Waals surface area (Å²) < 4.78 is 7.39. The molecule has 2 rings (SSSR count). The van der Waals surface area contributed by atoms with Crippen molar-refractivity contribution < 1.29 is 4.74 Å². The van der Waals surface area contributed by atoms with Crippen LogP contribution in [0.15, 0.2) is 39.3 Å². The highest BCUT2D eigenvalue weighted by atomic mass is 79.9. The van der Waals surface area contributed by atoms with Crippen molar-refractivity contribution in [3.8, 4) is 11.6 Å². The van der Waals surface area contributed by atoms with Crippen molar-refractivity contribution in [1.29, 1.82) is 0 Å². The number of alkyl halides is 1. The molecule has 0 aliphatic rings. The van der Waals surface area contributed by atoms with Crippen LogP contribution >= 0.6 is 43.5 Å². The number of hydrogen-bond donors (Lipinski definition) is 0. The van der Waals surface area contributed by atoms with Crippen LogP contribution < -0.4 is 4.74 Å². The number of ether oxygens (including phenoxy) is 1. The maximum Gasteiger partial charge on any atom is 0.238 e. The smallest absolute Gasteiger partial charge is 0.238 e. The van der Waals surface area contributed by atoms with Crippen LogP contribution in [0.3, 0.4) is 0 Å². The molecule has 0 aliphatic carbocycles. The van der Waals surface area contributed by atoms with Gasteiger partial charge in [-0.2, -0.15) is 5.10 Å². The molecule has 1 aromatic heterocycles. The van der Waals surface area contributed by atoms with E-state index in [0.717, 1.165) is 8.95 Å². The van der Waals surface area contributed by atoms with Gasteiger partial charge in [0, 0.05) is 10.5 Å². The second-order valence-electron chi connectivity index (χ2n) is 3.17. The zero-order chi connectivity index (χ0) is 12.3. The lowest BCUT2D eigenvalue weighted by molar-refractivity contribution is 0.451. The van der Waals surface area contributed by atoms with Gasteiger partial charge in [-0.05, 0) is 40.2 Å². The quantitative estimate of drug-likeness (QED) is 0.736. The van der Waals surface area contributed by atoms with Crippen LogP contribution in [0.25, 0.3) is 0 Å². The van der Waals surface area contributed by atoms with Crippen LogP contribution in [-0.4, -0.2) is 10.2 Å². The molecule has 0 amide bonds. The Morgan fingerprint density at radius 1 is 1.12 bits per heavy atom. The van der Waals surface area contributed by atoms with Gasteiger partial charge in [0.15, 0.2) is 0 Å². The van der Waals surface area contributed by atoms with E-state index >= 15 is 0 Å². The molecule has 0 spiro atoms. The lowest BCUT2D eigenvalue weighted by atomic mass is 10.3. The number of rotatable bonds is 3. The number of benzene rings is 1. The highest BCUT2D eigenvalue weighted by Crippen LogP contribution is 2.31. The number of halogens is 3. The number of nitrogens with zero attached hydrogens (tertiary/aromatic N) is 2. The Hall–Kier alpha value is -0.650. The van der Waals surface area contributed by atoms with Crippen LogP contribution in [0, 0.1) is 0 Å². The Morgan fingerprint density at radius 3 is 2.53 bits per heavy atom. The lowest BCUT2D eigenvalue weighted by Gasteiger charge is -2.06. The van der Waals surface area contributed by atoms with Gasteiger partial charge < -0.3 is 4.74 Å². The van der Waals surface area contributed by atoms with Gasteiger partial charge in [-0.15, -0.1) is 16.7 Å².